The van der Waals surface area contributed by atoms with Crippen LogP contribution in [0.2, 0.25) is 0 Å². The van der Waals surface area contributed by atoms with E-state index in [0.717, 1.165) is 0 Å². The van der Waals surface area contributed by atoms with Crippen molar-refractivity contribution in [1.82, 2.24) is 0 Å². The number of nitrogens with one attached hydrogen (secondary N) is 1. The van der Waals surface area contributed by atoms with E-state index in [2.05, 4.69) is 0 Å². The summed E-state index contributed by atoms with van der Waals surface area (Å²) in [5.74, 6) is -0.931. The normalized spacial score (nSPS) is 10.3. The van der Waals surface area contributed by atoms with Crippen LogP contribution in [-0.2, 0) is 0 Å². The van der Waals surface area contributed by atoms with Gasteiger partial charge in [-0.25, -0.2) is 8.78 Å². The molecule has 0 radical (unpaired) electrons. The first kappa shape index (κ1) is 13.0. The van der Waals surface area contributed by atoms with Crippen LogP contribution in [-0.4, -0.2) is 5.84 Å². The Balaban J connectivity index is 2.40. The zero-order chi connectivity index (χ0) is 14.0. The van der Waals surface area contributed by atoms with Crippen molar-refractivity contribution < 1.29 is 13.5 Å². The second-order valence-electron chi connectivity index (χ2n) is 4.04. The molecule has 0 aromatic heterocycles. The maximum Gasteiger partial charge on any atom is 0.141 e. The van der Waals surface area contributed by atoms with Crippen LogP contribution in [0.4, 0.5) is 8.78 Å². The molecule has 0 unspecified atom stereocenters. The van der Waals surface area contributed by atoms with Crippen LogP contribution in [0.1, 0.15) is 11.1 Å². The fourth-order valence-electron chi connectivity index (χ4n) is 1.66. The summed E-state index contributed by atoms with van der Waals surface area (Å²) in [6, 6.07) is 8.32. The van der Waals surface area contributed by atoms with Gasteiger partial charge in [0.15, 0.2) is 0 Å². The quantitative estimate of drug-likeness (QED) is 0.658. The third-order valence-electron chi connectivity index (χ3n) is 2.60. The van der Waals surface area contributed by atoms with E-state index in [1.54, 1.807) is 6.92 Å². The molecule has 3 N–H and O–H groups in total. The number of halogens is 2. The molecule has 0 fully saturated rings. The van der Waals surface area contributed by atoms with Gasteiger partial charge in [-0.2, -0.15) is 0 Å². The standard InChI is InChI=1S/C14H12F2N2O/c1-8-7-9(5-6-10(8)15)19-12-4-2-3-11(16)13(12)14(17)18/h2-7H,1H3,(H3,17,18). The molecule has 0 atom stereocenters. The minimum atomic E-state index is -0.635. The molecule has 0 aliphatic carbocycles. The summed E-state index contributed by atoms with van der Waals surface area (Å²) in [7, 11) is 0. The number of hydrogen-bond donors (Lipinski definition) is 2. The maximum absolute atomic E-state index is 13.6. The highest BCUT2D eigenvalue weighted by molar-refractivity contribution is 5.98. The van der Waals surface area contributed by atoms with Crippen LogP contribution in [0.3, 0.4) is 0 Å². The summed E-state index contributed by atoms with van der Waals surface area (Å²) in [6.07, 6.45) is 0. The highest BCUT2D eigenvalue weighted by Gasteiger charge is 2.13. The highest BCUT2D eigenvalue weighted by atomic mass is 19.1. The van der Waals surface area contributed by atoms with Gasteiger partial charge in [-0.3, -0.25) is 5.41 Å². The first-order valence-corrected chi connectivity index (χ1v) is 5.56. The van der Waals surface area contributed by atoms with E-state index >= 15 is 0 Å². The van der Waals surface area contributed by atoms with Crippen molar-refractivity contribution in [1.29, 1.82) is 5.41 Å². The predicted molar refractivity (Wildman–Crippen MR) is 68.6 cm³/mol. The van der Waals surface area contributed by atoms with Crippen molar-refractivity contribution >= 4 is 5.84 Å². The molecule has 3 nitrogen and oxygen atoms in total. The number of nitrogens with two attached hydrogens (primary N) is 1. The highest BCUT2D eigenvalue weighted by Crippen LogP contribution is 2.27. The monoisotopic (exact) mass is 262 g/mol. The minimum absolute atomic E-state index is 0.107. The van der Waals surface area contributed by atoms with Gasteiger partial charge in [0, 0.05) is 0 Å². The number of aryl methyl sites for hydroxylation is 1. The molecule has 5 heteroatoms. The molecular weight excluding hydrogens is 250 g/mol. The molecule has 2 aromatic carbocycles. The van der Waals surface area contributed by atoms with Crippen LogP contribution >= 0.6 is 0 Å². The maximum atomic E-state index is 13.6. The number of nitrogen functional groups attached to an aromatic ring is 1. The van der Waals surface area contributed by atoms with Gasteiger partial charge < -0.3 is 10.5 Å². The summed E-state index contributed by atoms with van der Waals surface area (Å²) in [5, 5.41) is 7.36. The molecule has 0 saturated carbocycles. The van der Waals surface area contributed by atoms with Crippen LogP contribution in [0, 0.1) is 24.0 Å². The van der Waals surface area contributed by atoms with Crippen molar-refractivity contribution in [3.05, 3.63) is 59.2 Å². The van der Waals surface area contributed by atoms with Gasteiger partial charge in [0.25, 0.3) is 0 Å². The van der Waals surface area contributed by atoms with Gasteiger partial charge in [0.05, 0.1) is 5.56 Å². The van der Waals surface area contributed by atoms with E-state index in [9.17, 15) is 8.78 Å². The van der Waals surface area contributed by atoms with E-state index in [1.165, 1.54) is 36.4 Å². The second kappa shape index (κ2) is 5.06. The summed E-state index contributed by atoms with van der Waals surface area (Å²) in [6.45, 7) is 1.60. The summed E-state index contributed by atoms with van der Waals surface area (Å²) >= 11 is 0. The van der Waals surface area contributed by atoms with Crippen LogP contribution < -0.4 is 10.5 Å². The van der Waals surface area contributed by atoms with Gasteiger partial charge >= 0.3 is 0 Å². The van der Waals surface area contributed by atoms with Crippen molar-refractivity contribution in [2.75, 3.05) is 0 Å². The summed E-state index contributed by atoms with van der Waals surface area (Å²) in [5.41, 5.74) is 5.63. The molecule has 0 saturated heterocycles. The van der Waals surface area contributed by atoms with Crippen molar-refractivity contribution in [3.8, 4) is 11.5 Å². The number of benzene rings is 2. The molecule has 0 bridgehead atoms. The van der Waals surface area contributed by atoms with E-state index in [0.29, 0.717) is 11.3 Å². The van der Waals surface area contributed by atoms with Gasteiger partial charge in [0.1, 0.15) is 29.0 Å². The lowest BCUT2D eigenvalue weighted by molar-refractivity contribution is 0.472. The van der Waals surface area contributed by atoms with Gasteiger partial charge in [-0.15, -0.1) is 0 Å². The average molecular weight is 262 g/mol. The Morgan fingerprint density at radius 3 is 2.53 bits per heavy atom. The molecule has 0 amide bonds. The lowest BCUT2D eigenvalue weighted by Crippen LogP contribution is -2.14. The third kappa shape index (κ3) is 2.70. The summed E-state index contributed by atoms with van der Waals surface area (Å²) in [4.78, 5) is 0. The second-order valence-corrected chi connectivity index (χ2v) is 4.04. The topological polar surface area (TPSA) is 59.1 Å². The first-order valence-electron chi connectivity index (χ1n) is 5.56. The van der Waals surface area contributed by atoms with E-state index in [-0.39, 0.29) is 17.1 Å². The fourth-order valence-corrected chi connectivity index (χ4v) is 1.66. The summed E-state index contributed by atoms with van der Waals surface area (Å²) < 4.78 is 32.2. The number of ether oxygens (including phenoxy) is 1. The Morgan fingerprint density at radius 1 is 1.16 bits per heavy atom. The van der Waals surface area contributed by atoms with Crippen LogP contribution in [0.25, 0.3) is 0 Å². The zero-order valence-electron chi connectivity index (χ0n) is 10.2. The zero-order valence-corrected chi connectivity index (χ0v) is 10.2. The van der Waals surface area contributed by atoms with E-state index in [4.69, 9.17) is 15.9 Å². The molecule has 0 aliphatic heterocycles. The Hall–Kier alpha value is -2.43. The molecule has 2 aromatic rings. The largest absolute Gasteiger partial charge is 0.456 e. The smallest absolute Gasteiger partial charge is 0.141 e. The van der Waals surface area contributed by atoms with Crippen LogP contribution in [0.5, 0.6) is 11.5 Å². The molecule has 0 heterocycles. The van der Waals surface area contributed by atoms with Crippen molar-refractivity contribution in [2.45, 2.75) is 6.92 Å². The number of rotatable bonds is 3. The Bertz CT molecular complexity index is 641. The molecule has 98 valence electrons. The van der Waals surface area contributed by atoms with Crippen molar-refractivity contribution in [2.24, 2.45) is 5.73 Å². The number of hydrogen-bond acceptors (Lipinski definition) is 2. The number of amidine groups is 1. The Labute approximate surface area is 109 Å². The van der Waals surface area contributed by atoms with Gasteiger partial charge in [-0.05, 0) is 42.8 Å². The fraction of sp³-hybridized carbons (Fsp3) is 0.0714. The lowest BCUT2D eigenvalue weighted by Gasteiger charge is -2.11. The SMILES string of the molecule is Cc1cc(Oc2cccc(F)c2C(=N)N)ccc1F. The Kier molecular flexibility index (Phi) is 3.46. The Morgan fingerprint density at radius 2 is 1.89 bits per heavy atom. The molecule has 19 heavy (non-hydrogen) atoms. The average Bonchev–Trinajstić information content (AvgIpc) is 2.33. The van der Waals surface area contributed by atoms with Gasteiger partial charge in [0.2, 0.25) is 0 Å². The molecule has 0 spiro atoms. The third-order valence-corrected chi connectivity index (χ3v) is 2.60. The molecular formula is C14H12F2N2O. The van der Waals surface area contributed by atoms with Gasteiger partial charge in [-0.1, -0.05) is 6.07 Å². The first-order chi connectivity index (χ1) is 8.99. The van der Waals surface area contributed by atoms with E-state index in [1.807, 2.05) is 0 Å². The molecule has 0 aliphatic rings. The minimum Gasteiger partial charge on any atom is -0.456 e. The van der Waals surface area contributed by atoms with E-state index < -0.39 is 11.7 Å². The predicted octanol–water partition coefficient (Wildman–Crippen LogP) is 3.35. The molecule has 2 rings (SSSR count). The van der Waals surface area contributed by atoms with Crippen LogP contribution in [0.15, 0.2) is 36.4 Å². The lowest BCUT2D eigenvalue weighted by atomic mass is 10.1. The van der Waals surface area contributed by atoms with Crippen molar-refractivity contribution in [3.63, 3.8) is 0 Å².